The van der Waals surface area contributed by atoms with Crippen LogP contribution in [0.1, 0.15) is 11.6 Å². The van der Waals surface area contributed by atoms with Gasteiger partial charge in [0, 0.05) is 12.6 Å². The van der Waals surface area contributed by atoms with Crippen LogP contribution in [0.3, 0.4) is 0 Å². The zero-order valence-corrected chi connectivity index (χ0v) is 13.6. The number of nitro groups is 1. The molecule has 1 fully saturated rings. The second-order valence-electron chi connectivity index (χ2n) is 5.79. The van der Waals surface area contributed by atoms with Gasteiger partial charge in [-0.1, -0.05) is 42.5 Å². The largest absolute Gasteiger partial charge is 0.378 e. The van der Waals surface area contributed by atoms with Crippen LogP contribution in [0.5, 0.6) is 0 Å². The number of morpholine rings is 1. The van der Waals surface area contributed by atoms with Gasteiger partial charge < -0.3 is 10.1 Å². The first-order valence-corrected chi connectivity index (χ1v) is 8.05. The van der Waals surface area contributed by atoms with Crippen LogP contribution in [-0.4, -0.2) is 42.0 Å². The van der Waals surface area contributed by atoms with Crippen LogP contribution in [0.2, 0.25) is 0 Å². The van der Waals surface area contributed by atoms with E-state index in [-0.39, 0.29) is 29.9 Å². The normalized spacial score (nSPS) is 17.8. The van der Waals surface area contributed by atoms with Crippen LogP contribution >= 0.6 is 0 Å². The monoisotopic (exact) mass is 341 g/mol. The zero-order chi connectivity index (χ0) is 17.6. The van der Waals surface area contributed by atoms with Crippen molar-refractivity contribution in [2.75, 3.05) is 31.6 Å². The fraction of sp³-hybridized carbons (Fsp3) is 0.278. The first-order valence-electron chi connectivity index (χ1n) is 8.05. The lowest BCUT2D eigenvalue weighted by molar-refractivity contribution is -0.383. The minimum absolute atomic E-state index is 0.00791. The van der Waals surface area contributed by atoms with Gasteiger partial charge in [0.15, 0.2) is 0 Å². The number of nitrogens with zero attached hydrogens (tertiary/aromatic N) is 2. The van der Waals surface area contributed by atoms with E-state index in [1.807, 2.05) is 35.2 Å². The van der Waals surface area contributed by atoms with Gasteiger partial charge in [-0.15, -0.1) is 0 Å². The molecule has 0 radical (unpaired) electrons. The number of amides is 1. The van der Waals surface area contributed by atoms with Crippen molar-refractivity contribution in [3.8, 4) is 0 Å². The van der Waals surface area contributed by atoms with Gasteiger partial charge in [-0.3, -0.25) is 19.8 Å². The molecule has 0 spiro atoms. The number of hydrogen-bond acceptors (Lipinski definition) is 5. The van der Waals surface area contributed by atoms with E-state index >= 15 is 0 Å². The van der Waals surface area contributed by atoms with Crippen LogP contribution in [-0.2, 0) is 9.53 Å². The average molecular weight is 341 g/mol. The molecule has 3 rings (SSSR count). The minimum Gasteiger partial charge on any atom is -0.378 e. The van der Waals surface area contributed by atoms with Gasteiger partial charge in [0.05, 0.1) is 30.7 Å². The summed E-state index contributed by atoms with van der Waals surface area (Å²) in [7, 11) is 0. The molecule has 0 unspecified atom stereocenters. The molecule has 0 saturated carbocycles. The van der Waals surface area contributed by atoms with E-state index in [1.165, 1.54) is 12.1 Å². The van der Waals surface area contributed by atoms with Gasteiger partial charge in [0.25, 0.3) is 5.69 Å². The van der Waals surface area contributed by atoms with Crippen molar-refractivity contribution in [1.29, 1.82) is 0 Å². The standard InChI is InChI=1S/C18H19N3O4/c22-18(19-15-8-4-5-9-16(15)21(23)24)12-20-10-11-25-13-17(20)14-6-2-1-3-7-14/h1-9,17H,10-13H2,(H,19,22)/t17-/m0/s1. The molecule has 25 heavy (non-hydrogen) atoms. The number of anilines is 1. The third-order valence-corrected chi connectivity index (χ3v) is 4.15. The van der Waals surface area contributed by atoms with E-state index in [1.54, 1.807) is 12.1 Å². The summed E-state index contributed by atoms with van der Waals surface area (Å²) in [6.45, 7) is 1.85. The third-order valence-electron chi connectivity index (χ3n) is 4.15. The Labute approximate surface area is 145 Å². The van der Waals surface area contributed by atoms with Crippen LogP contribution in [0.25, 0.3) is 0 Å². The number of ether oxygens (including phenoxy) is 1. The lowest BCUT2D eigenvalue weighted by Gasteiger charge is -2.35. The van der Waals surface area contributed by atoms with Crippen molar-refractivity contribution in [1.82, 2.24) is 4.90 Å². The van der Waals surface area contributed by atoms with E-state index in [2.05, 4.69) is 5.32 Å². The second-order valence-corrected chi connectivity index (χ2v) is 5.79. The van der Waals surface area contributed by atoms with Crippen molar-refractivity contribution in [3.63, 3.8) is 0 Å². The summed E-state index contributed by atoms with van der Waals surface area (Å²) in [4.78, 5) is 25.0. The Kier molecular flexibility index (Phi) is 5.37. The fourth-order valence-corrected chi connectivity index (χ4v) is 2.92. The van der Waals surface area contributed by atoms with Gasteiger partial charge >= 0.3 is 0 Å². The molecule has 1 N–H and O–H groups in total. The highest BCUT2D eigenvalue weighted by Crippen LogP contribution is 2.25. The van der Waals surface area contributed by atoms with E-state index in [4.69, 9.17) is 4.74 Å². The number of hydrogen-bond donors (Lipinski definition) is 1. The highest BCUT2D eigenvalue weighted by molar-refractivity contribution is 5.94. The summed E-state index contributed by atoms with van der Waals surface area (Å²) in [6, 6.07) is 16.0. The van der Waals surface area contributed by atoms with Crippen molar-refractivity contribution >= 4 is 17.3 Å². The highest BCUT2D eigenvalue weighted by Gasteiger charge is 2.26. The summed E-state index contributed by atoms with van der Waals surface area (Å²) in [5.74, 6) is -0.280. The maximum atomic E-state index is 12.4. The molecule has 1 heterocycles. The van der Waals surface area contributed by atoms with Crippen molar-refractivity contribution in [3.05, 3.63) is 70.3 Å². The van der Waals surface area contributed by atoms with E-state index in [0.29, 0.717) is 19.8 Å². The van der Waals surface area contributed by atoms with Gasteiger partial charge in [-0.2, -0.15) is 0 Å². The summed E-state index contributed by atoms with van der Waals surface area (Å²) < 4.78 is 5.55. The molecule has 1 aliphatic heterocycles. The molecule has 1 aliphatic rings. The topological polar surface area (TPSA) is 84.7 Å². The summed E-state index contributed by atoms with van der Waals surface area (Å²) in [5.41, 5.74) is 1.18. The number of nitrogens with one attached hydrogen (secondary N) is 1. The highest BCUT2D eigenvalue weighted by atomic mass is 16.6. The number of para-hydroxylation sites is 2. The molecule has 1 amide bonds. The summed E-state index contributed by atoms with van der Waals surface area (Å²) in [6.07, 6.45) is 0. The molecule has 7 nitrogen and oxygen atoms in total. The number of carbonyl (C=O) groups is 1. The molecule has 7 heteroatoms. The van der Waals surface area contributed by atoms with Gasteiger partial charge in [-0.05, 0) is 11.6 Å². The molecule has 1 saturated heterocycles. The van der Waals surface area contributed by atoms with Crippen LogP contribution < -0.4 is 5.32 Å². The van der Waals surface area contributed by atoms with E-state index in [9.17, 15) is 14.9 Å². The third kappa shape index (κ3) is 4.20. The Morgan fingerprint density at radius 2 is 1.92 bits per heavy atom. The lowest BCUT2D eigenvalue weighted by atomic mass is 10.1. The van der Waals surface area contributed by atoms with E-state index in [0.717, 1.165) is 5.56 Å². The predicted octanol–water partition coefficient (Wildman–Crippen LogP) is 2.61. The Balaban J connectivity index is 1.70. The molecule has 2 aromatic carbocycles. The van der Waals surface area contributed by atoms with Crippen LogP contribution in [0, 0.1) is 10.1 Å². The van der Waals surface area contributed by atoms with Crippen LogP contribution in [0.4, 0.5) is 11.4 Å². The molecule has 0 aliphatic carbocycles. The summed E-state index contributed by atoms with van der Waals surface area (Å²) in [5, 5.41) is 13.7. The SMILES string of the molecule is O=C(CN1CCOC[C@H]1c1ccccc1)Nc1ccccc1[N+](=O)[O-]. The summed E-state index contributed by atoms with van der Waals surface area (Å²) >= 11 is 0. The molecular formula is C18H19N3O4. The van der Waals surface area contributed by atoms with Crippen molar-refractivity contribution in [2.24, 2.45) is 0 Å². The number of nitro benzene ring substituents is 1. The zero-order valence-electron chi connectivity index (χ0n) is 13.6. The Bertz CT molecular complexity index is 751. The maximum Gasteiger partial charge on any atom is 0.292 e. The second kappa shape index (κ2) is 7.87. The smallest absolute Gasteiger partial charge is 0.292 e. The molecule has 130 valence electrons. The first kappa shape index (κ1) is 17.1. The Morgan fingerprint density at radius 1 is 1.20 bits per heavy atom. The number of carbonyl (C=O) groups excluding carboxylic acids is 1. The molecule has 2 aromatic rings. The first-order chi connectivity index (χ1) is 12.1. The number of benzene rings is 2. The molecule has 0 aromatic heterocycles. The van der Waals surface area contributed by atoms with Gasteiger partial charge in [0.1, 0.15) is 5.69 Å². The van der Waals surface area contributed by atoms with Gasteiger partial charge in [0.2, 0.25) is 5.91 Å². The van der Waals surface area contributed by atoms with Crippen molar-refractivity contribution in [2.45, 2.75) is 6.04 Å². The van der Waals surface area contributed by atoms with E-state index < -0.39 is 4.92 Å². The number of rotatable bonds is 5. The fourth-order valence-electron chi connectivity index (χ4n) is 2.92. The van der Waals surface area contributed by atoms with Gasteiger partial charge in [-0.25, -0.2) is 0 Å². The average Bonchev–Trinajstić information content (AvgIpc) is 2.63. The molecule has 0 bridgehead atoms. The maximum absolute atomic E-state index is 12.4. The quantitative estimate of drug-likeness (QED) is 0.667. The van der Waals surface area contributed by atoms with Crippen molar-refractivity contribution < 1.29 is 14.5 Å². The minimum atomic E-state index is -0.503. The molecular weight excluding hydrogens is 322 g/mol. The molecule has 1 atom stereocenters. The predicted molar refractivity (Wildman–Crippen MR) is 93.3 cm³/mol. The Morgan fingerprint density at radius 3 is 2.68 bits per heavy atom. The lowest BCUT2D eigenvalue weighted by Crippen LogP contribution is -2.43. The van der Waals surface area contributed by atoms with Crippen LogP contribution in [0.15, 0.2) is 54.6 Å². The Hall–Kier alpha value is -2.77.